The largest absolute Gasteiger partial charge is 0.327 e. The first kappa shape index (κ1) is 15.8. The van der Waals surface area contributed by atoms with Crippen molar-refractivity contribution in [3.05, 3.63) is 34.9 Å². The van der Waals surface area contributed by atoms with Crippen molar-refractivity contribution in [2.75, 3.05) is 20.1 Å². The first-order valence-electron chi connectivity index (χ1n) is 6.29. The lowest BCUT2D eigenvalue weighted by Gasteiger charge is -2.14. The third-order valence-corrected chi connectivity index (χ3v) is 3.30. The van der Waals surface area contributed by atoms with Gasteiger partial charge in [0.25, 0.3) is 17.7 Å². The Hall–Kier alpha value is -2.61. The summed E-state index contributed by atoms with van der Waals surface area (Å²) in [5.74, 6) is -1.77. The number of imide groups is 1. The molecule has 1 aromatic rings. The van der Waals surface area contributed by atoms with Gasteiger partial charge in [-0.25, -0.2) is 4.79 Å². The number of likely N-dealkylation sites (N-methyl/N-ethyl adjacent to an activating group) is 1. The maximum atomic E-state index is 11.8. The highest BCUT2D eigenvalue weighted by Gasteiger charge is 2.34. The molecular formula is C13H13ClN4O4. The van der Waals surface area contributed by atoms with Crippen LogP contribution in [0.5, 0.6) is 0 Å². The van der Waals surface area contributed by atoms with Crippen molar-refractivity contribution in [1.82, 2.24) is 20.7 Å². The molecule has 5 amide bonds. The van der Waals surface area contributed by atoms with Crippen LogP contribution in [-0.4, -0.2) is 53.7 Å². The molecule has 8 nitrogen and oxygen atoms in total. The summed E-state index contributed by atoms with van der Waals surface area (Å²) in [6.45, 7) is -0.539. The fraction of sp³-hybridized carbons (Fsp3) is 0.231. The van der Waals surface area contributed by atoms with E-state index < -0.39 is 30.3 Å². The predicted octanol–water partition coefficient (Wildman–Crippen LogP) is -0.00500. The summed E-state index contributed by atoms with van der Waals surface area (Å²) in [5.41, 5.74) is 4.49. The zero-order valence-electron chi connectivity index (χ0n) is 11.6. The summed E-state index contributed by atoms with van der Waals surface area (Å²) in [5, 5.41) is 0.237. The van der Waals surface area contributed by atoms with Crippen LogP contribution in [0.15, 0.2) is 24.3 Å². The smallest absolute Gasteiger partial charge is 0.318 e. The van der Waals surface area contributed by atoms with Gasteiger partial charge in [0.15, 0.2) is 0 Å². The van der Waals surface area contributed by atoms with Crippen LogP contribution < -0.4 is 10.9 Å². The molecule has 116 valence electrons. The molecule has 0 aromatic heterocycles. The van der Waals surface area contributed by atoms with E-state index >= 15 is 0 Å². The first-order chi connectivity index (χ1) is 10.4. The molecule has 1 saturated heterocycles. The number of benzene rings is 1. The molecule has 1 aliphatic heterocycles. The van der Waals surface area contributed by atoms with Crippen molar-refractivity contribution < 1.29 is 19.2 Å². The highest BCUT2D eigenvalue weighted by molar-refractivity contribution is 6.33. The van der Waals surface area contributed by atoms with Crippen molar-refractivity contribution in [2.24, 2.45) is 0 Å². The summed E-state index contributed by atoms with van der Waals surface area (Å²) in [7, 11) is 1.46. The zero-order valence-corrected chi connectivity index (χ0v) is 12.4. The number of hydrogen-bond acceptors (Lipinski definition) is 4. The van der Waals surface area contributed by atoms with E-state index in [0.717, 1.165) is 4.90 Å². The van der Waals surface area contributed by atoms with Crippen LogP contribution in [0.2, 0.25) is 5.02 Å². The highest BCUT2D eigenvalue weighted by Crippen LogP contribution is 2.14. The lowest BCUT2D eigenvalue weighted by Crippen LogP contribution is -2.47. The van der Waals surface area contributed by atoms with Gasteiger partial charge in [-0.05, 0) is 12.1 Å². The van der Waals surface area contributed by atoms with Gasteiger partial charge in [-0.2, -0.15) is 0 Å². The van der Waals surface area contributed by atoms with Crippen LogP contribution in [0.1, 0.15) is 10.4 Å². The molecule has 0 saturated carbocycles. The fourth-order valence-corrected chi connectivity index (χ4v) is 2.07. The molecule has 0 unspecified atom stereocenters. The van der Waals surface area contributed by atoms with E-state index in [2.05, 4.69) is 10.9 Å². The minimum absolute atomic E-state index is 0.0713. The van der Waals surface area contributed by atoms with Crippen molar-refractivity contribution >= 4 is 35.4 Å². The fourth-order valence-electron chi connectivity index (χ4n) is 1.85. The van der Waals surface area contributed by atoms with E-state index in [1.807, 2.05) is 0 Å². The molecule has 0 atom stereocenters. The number of carbonyl (C=O) groups is 4. The molecular weight excluding hydrogens is 312 g/mol. The summed E-state index contributed by atoms with van der Waals surface area (Å²) < 4.78 is 0. The Balaban J connectivity index is 1.88. The summed E-state index contributed by atoms with van der Waals surface area (Å²) in [6.07, 6.45) is 0. The Morgan fingerprint density at radius 3 is 2.50 bits per heavy atom. The third-order valence-electron chi connectivity index (χ3n) is 2.97. The van der Waals surface area contributed by atoms with Crippen LogP contribution in [0.4, 0.5) is 4.79 Å². The second-order valence-electron chi connectivity index (χ2n) is 4.60. The number of nitrogens with zero attached hydrogens (tertiary/aromatic N) is 2. The van der Waals surface area contributed by atoms with Gasteiger partial charge in [0.1, 0.15) is 13.1 Å². The maximum absolute atomic E-state index is 11.8. The molecule has 1 aromatic carbocycles. The normalized spacial score (nSPS) is 14.3. The van der Waals surface area contributed by atoms with E-state index in [1.165, 1.54) is 24.1 Å². The molecule has 22 heavy (non-hydrogen) atoms. The van der Waals surface area contributed by atoms with Gasteiger partial charge in [0, 0.05) is 7.05 Å². The molecule has 0 spiro atoms. The van der Waals surface area contributed by atoms with Gasteiger partial charge in [-0.15, -0.1) is 0 Å². The second kappa shape index (κ2) is 6.44. The van der Waals surface area contributed by atoms with Gasteiger partial charge in [0.2, 0.25) is 0 Å². The second-order valence-corrected chi connectivity index (χ2v) is 5.01. The number of hydrazine groups is 1. The number of urea groups is 1. The number of amides is 5. The van der Waals surface area contributed by atoms with Crippen LogP contribution in [-0.2, 0) is 9.59 Å². The topological polar surface area (TPSA) is 98.8 Å². The monoisotopic (exact) mass is 324 g/mol. The minimum Gasteiger partial charge on any atom is -0.318 e. The number of hydrogen-bond donors (Lipinski definition) is 2. The lowest BCUT2D eigenvalue weighted by atomic mass is 10.2. The van der Waals surface area contributed by atoms with Crippen molar-refractivity contribution in [1.29, 1.82) is 0 Å². The van der Waals surface area contributed by atoms with E-state index in [9.17, 15) is 19.2 Å². The Morgan fingerprint density at radius 2 is 1.91 bits per heavy atom. The Kier molecular flexibility index (Phi) is 4.62. The molecule has 1 heterocycles. The molecule has 0 aliphatic carbocycles. The van der Waals surface area contributed by atoms with Crippen LogP contribution in [0.25, 0.3) is 0 Å². The van der Waals surface area contributed by atoms with Crippen molar-refractivity contribution in [2.45, 2.75) is 0 Å². The van der Waals surface area contributed by atoms with E-state index in [-0.39, 0.29) is 17.1 Å². The molecule has 1 aliphatic rings. The predicted molar refractivity (Wildman–Crippen MR) is 76.8 cm³/mol. The van der Waals surface area contributed by atoms with Crippen LogP contribution >= 0.6 is 11.6 Å². The lowest BCUT2D eigenvalue weighted by molar-refractivity contribution is -0.131. The van der Waals surface area contributed by atoms with Crippen molar-refractivity contribution in [3.8, 4) is 0 Å². The molecule has 2 rings (SSSR count). The highest BCUT2D eigenvalue weighted by atomic mass is 35.5. The molecule has 0 bridgehead atoms. The van der Waals surface area contributed by atoms with Crippen LogP contribution in [0.3, 0.4) is 0 Å². The average Bonchev–Trinajstić information content (AvgIpc) is 2.72. The van der Waals surface area contributed by atoms with Gasteiger partial charge >= 0.3 is 6.03 Å². The minimum atomic E-state index is -0.697. The molecule has 9 heteroatoms. The first-order valence-corrected chi connectivity index (χ1v) is 6.67. The van der Waals surface area contributed by atoms with Gasteiger partial charge < -0.3 is 4.90 Å². The average molecular weight is 325 g/mol. The number of rotatable bonds is 3. The van der Waals surface area contributed by atoms with E-state index in [1.54, 1.807) is 12.1 Å². The quantitative estimate of drug-likeness (QED) is 0.603. The van der Waals surface area contributed by atoms with Gasteiger partial charge in [-0.3, -0.25) is 30.1 Å². The van der Waals surface area contributed by atoms with Gasteiger partial charge in [0.05, 0.1) is 10.6 Å². The SMILES string of the molecule is CN1CC(=O)N(CC(=O)NNC(=O)c2ccccc2Cl)C1=O. The molecule has 0 radical (unpaired) electrons. The Bertz CT molecular complexity index is 649. The standard InChI is InChI=1S/C13H13ClN4O4/c1-17-7-11(20)18(13(17)22)6-10(19)15-16-12(21)8-4-2-3-5-9(8)14/h2-5H,6-7H2,1H3,(H,15,19)(H,16,21). The van der Waals surface area contributed by atoms with Gasteiger partial charge in [-0.1, -0.05) is 23.7 Å². The molecule has 1 fully saturated rings. The van der Waals surface area contributed by atoms with Crippen LogP contribution in [0, 0.1) is 0 Å². The maximum Gasteiger partial charge on any atom is 0.327 e. The Labute approximate surface area is 131 Å². The number of halogens is 1. The van der Waals surface area contributed by atoms with E-state index in [4.69, 9.17) is 11.6 Å². The molecule has 2 N–H and O–H groups in total. The Morgan fingerprint density at radius 1 is 1.23 bits per heavy atom. The zero-order chi connectivity index (χ0) is 16.3. The summed E-state index contributed by atoms with van der Waals surface area (Å²) >= 11 is 5.85. The summed E-state index contributed by atoms with van der Waals surface area (Å²) in [4.78, 5) is 48.6. The third kappa shape index (κ3) is 3.34. The number of nitrogens with one attached hydrogen (secondary N) is 2. The van der Waals surface area contributed by atoms with Crippen molar-refractivity contribution in [3.63, 3.8) is 0 Å². The summed E-state index contributed by atoms with van der Waals surface area (Å²) in [6, 6.07) is 5.76. The number of carbonyl (C=O) groups excluding carboxylic acids is 4. The van der Waals surface area contributed by atoms with E-state index in [0.29, 0.717) is 0 Å².